The smallest absolute Gasteiger partial charge is 0.185 e. The van der Waals surface area contributed by atoms with Gasteiger partial charge in [0.1, 0.15) is 0 Å². The predicted molar refractivity (Wildman–Crippen MR) is 76.8 cm³/mol. The second kappa shape index (κ2) is 6.36. The quantitative estimate of drug-likeness (QED) is 0.792. The maximum atomic E-state index is 4.48. The molecule has 0 aromatic carbocycles. The normalized spacial score (nSPS) is 11.8. The molecule has 0 fully saturated rings. The summed E-state index contributed by atoms with van der Waals surface area (Å²) < 4.78 is 0. The van der Waals surface area contributed by atoms with Crippen molar-refractivity contribution in [2.75, 3.05) is 25.0 Å². The molecule has 4 heteroatoms. The molecule has 3 nitrogen and oxygen atoms in total. The molecule has 0 spiro atoms. The lowest BCUT2D eigenvalue weighted by Gasteiger charge is -2.26. The Bertz CT molecular complexity index is 328. The number of hydrogen-bond acceptors (Lipinski definition) is 4. The number of thiazole rings is 1. The van der Waals surface area contributed by atoms with Gasteiger partial charge in [-0.25, -0.2) is 4.98 Å². The largest absolute Gasteiger partial charge is 0.351 e. The van der Waals surface area contributed by atoms with Crippen molar-refractivity contribution in [3.8, 4) is 0 Å². The zero-order chi connectivity index (χ0) is 12.9. The van der Waals surface area contributed by atoms with Crippen molar-refractivity contribution in [3.05, 3.63) is 11.1 Å². The molecule has 1 heterocycles. The van der Waals surface area contributed by atoms with E-state index in [1.807, 2.05) is 6.20 Å². The van der Waals surface area contributed by atoms with E-state index < -0.39 is 0 Å². The summed E-state index contributed by atoms with van der Waals surface area (Å²) >= 11 is 1.78. The summed E-state index contributed by atoms with van der Waals surface area (Å²) in [6.07, 6.45) is 3.16. The monoisotopic (exact) mass is 255 g/mol. The SMILES string of the molecule is CCCNCc1cnc(N(C)CC(C)(C)C)s1. The summed E-state index contributed by atoms with van der Waals surface area (Å²) in [5.74, 6) is 0. The van der Waals surface area contributed by atoms with Gasteiger partial charge in [0.2, 0.25) is 0 Å². The third kappa shape index (κ3) is 5.50. The molecule has 17 heavy (non-hydrogen) atoms. The number of anilines is 1. The second-order valence-electron chi connectivity index (χ2n) is 5.70. The van der Waals surface area contributed by atoms with E-state index in [0.29, 0.717) is 5.41 Å². The molecule has 1 N–H and O–H groups in total. The Balaban J connectivity index is 2.49. The fourth-order valence-electron chi connectivity index (χ4n) is 1.72. The first-order valence-electron chi connectivity index (χ1n) is 6.29. The summed E-state index contributed by atoms with van der Waals surface area (Å²) in [4.78, 5) is 8.04. The topological polar surface area (TPSA) is 28.2 Å². The molecule has 0 unspecified atom stereocenters. The van der Waals surface area contributed by atoms with Crippen LogP contribution >= 0.6 is 11.3 Å². The Morgan fingerprint density at radius 2 is 2.12 bits per heavy atom. The van der Waals surface area contributed by atoms with Crippen molar-refractivity contribution < 1.29 is 0 Å². The van der Waals surface area contributed by atoms with E-state index in [2.05, 4.69) is 49.9 Å². The van der Waals surface area contributed by atoms with E-state index >= 15 is 0 Å². The molecule has 1 rings (SSSR count). The highest BCUT2D eigenvalue weighted by molar-refractivity contribution is 7.15. The summed E-state index contributed by atoms with van der Waals surface area (Å²) in [7, 11) is 2.12. The molecule has 0 amide bonds. The lowest BCUT2D eigenvalue weighted by molar-refractivity contribution is 0.419. The lowest BCUT2D eigenvalue weighted by atomic mass is 9.96. The minimum absolute atomic E-state index is 0.307. The van der Waals surface area contributed by atoms with Gasteiger partial charge in [0.15, 0.2) is 5.13 Å². The first-order chi connectivity index (χ1) is 7.92. The van der Waals surface area contributed by atoms with Gasteiger partial charge in [-0.3, -0.25) is 0 Å². The van der Waals surface area contributed by atoms with Gasteiger partial charge in [-0.15, -0.1) is 11.3 Å². The van der Waals surface area contributed by atoms with Crippen molar-refractivity contribution in [2.45, 2.75) is 40.7 Å². The first kappa shape index (κ1) is 14.5. The van der Waals surface area contributed by atoms with Gasteiger partial charge in [-0.2, -0.15) is 0 Å². The average molecular weight is 255 g/mol. The number of aromatic nitrogens is 1. The van der Waals surface area contributed by atoms with Gasteiger partial charge in [0.05, 0.1) is 0 Å². The van der Waals surface area contributed by atoms with Crippen LogP contribution in [0.3, 0.4) is 0 Å². The van der Waals surface area contributed by atoms with Gasteiger partial charge in [0.25, 0.3) is 0 Å². The van der Waals surface area contributed by atoms with E-state index in [-0.39, 0.29) is 0 Å². The minimum Gasteiger partial charge on any atom is -0.351 e. The number of nitrogens with one attached hydrogen (secondary N) is 1. The molecule has 0 radical (unpaired) electrons. The first-order valence-corrected chi connectivity index (χ1v) is 7.10. The predicted octanol–water partition coefficient (Wildman–Crippen LogP) is 3.13. The van der Waals surface area contributed by atoms with E-state index in [9.17, 15) is 0 Å². The standard InChI is InChI=1S/C13H25N3S/c1-6-7-14-8-11-9-15-12(17-11)16(5)10-13(2,3)4/h9,14H,6-8,10H2,1-5H3. The molecular formula is C13H25N3S. The van der Waals surface area contributed by atoms with Crippen LogP contribution < -0.4 is 10.2 Å². The lowest BCUT2D eigenvalue weighted by Crippen LogP contribution is -2.28. The summed E-state index contributed by atoms with van der Waals surface area (Å²) in [5, 5.41) is 4.52. The van der Waals surface area contributed by atoms with Gasteiger partial charge in [-0.05, 0) is 18.4 Å². The van der Waals surface area contributed by atoms with Crippen LogP contribution in [-0.2, 0) is 6.54 Å². The van der Waals surface area contributed by atoms with E-state index in [4.69, 9.17) is 0 Å². The second-order valence-corrected chi connectivity index (χ2v) is 6.80. The van der Waals surface area contributed by atoms with Crippen LogP contribution in [0.25, 0.3) is 0 Å². The van der Waals surface area contributed by atoms with Crippen LogP contribution in [-0.4, -0.2) is 25.1 Å². The highest BCUT2D eigenvalue weighted by Gasteiger charge is 2.15. The van der Waals surface area contributed by atoms with Gasteiger partial charge >= 0.3 is 0 Å². The van der Waals surface area contributed by atoms with Crippen LogP contribution in [0.15, 0.2) is 6.20 Å². The van der Waals surface area contributed by atoms with E-state index in [0.717, 1.165) is 24.8 Å². The third-order valence-electron chi connectivity index (χ3n) is 2.31. The molecule has 1 aromatic rings. The van der Waals surface area contributed by atoms with E-state index in [1.54, 1.807) is 11.3 Å². The van der Waals surface area contributed by atoms with Crippen molar-refractivity contribution in [3.63, 3.8) is 0 Å². The highest BCUT2D eigenvalue weighted by atomic mass is 32.1. The van der Waals surface area contributed by atoms with Gasteiger partial charge in [-0.1, -0.05) is 27.7 Å². The Labute approximate surface area is 109 Å². The molecule has 0 aliphatic rings. The Morgan fingerprint density at radius 1 is 1.41 bits per heavy atom. The third-order valence-corrected chi connectivity index (χ3v) is 3.42. The summed E-state index contributed by atoms with van der Waals surface area (Å²) in [6, 6.07) is 0. The van der Waals surface area contributed by atoms with Crippen molar-refractivity contribution >= 4 is 16.5 Å². The Morgan fingerprint density at radius 3 is 2.71 bits per heavy atom. The average Bonchev–Trinajstić information content (AvgIpc) is 2.64. The van der Waals surface area contributed by atoms with Crippen molar-refractivity contribution in [2.24, 2.45) is 5.41 Å². The van der Waals surface area contributed by atoms with Crippen LogP contribution in [0.2, 0.25) is 0 Å². The zero-order valence-electron chi connectivity index (χ0n) is 11.7. The van der Waals surface area contributed by atoms with Crippen LogP contribution in [0.1, 0.15) is 39.0 Å². The minimum atomic E-state index is 0.307. The van der Waals surface area contributed by atoms with E-state index in [1.165, 1.54) is 11.3 Å². The number of rotatable bonds is 6. The van der Waals surface area contributed by atoms with Crippen LogP contribution in [0.4, 0.5) is 5.13 Å². The molecule has 0 aliphatic carbocycles. The zero-order valence-corrected chi connectivity index (χ0v) is 12.5. The Hall–Kier alpha value is -0.610. The molecule has 0 saturated heterocycles. The maximum Gasteiger partial charge on any atom is 0.185 e. The van der Waals surface area contributed by atoms with Crippen LogP contribution in [0.5, 0.6) is 0 Å². The molecule has 98 valence electrons. The van der Waals surface area contributed by atoms with Gasteiger partial charge in [0, 0.05) is 31.2 Å². The van der Waals surface area contributed by atoms with Crippen molar-refractivity contribution in [1.29, 1.82) is 0 Å². The fourth-order valence-corrected chi connectivity index (χ4v) is 2.56. The fraction of sp³-hybridized carbons (Fsp3) is 0.769. The molecule has 1 aromatic heterocycles. The molecular weight excluding hydrogens is 230 g/mol. The molecule has 0 atom stereocenters. The Kier molecular flexibility index (Phi) is 5.40. The number of nitrogens with zero attached hydrogens (tertiary/aromatic N) is 2. The summed E-state index contributed by atoms with van der Waals surface area (Å²) in [6.45, 7) is 12.0. The molecule has 0 aliphatic heterocycles. The number of hydrogen-bond donors (Lipinski definition) is 1. The van der Waals surface area contributed by atoms with Gasteiger partial charge < -0.3 is 10.2 Å². The highest BCUT2D eigenvalue weighted by Crippen LogP contribution is 2.24. The molecule has 0 saturated carbocycles. The van der Waals surface area contributed by atoms with Crippen molar-refractivity contribution in [1.82, 2.24) is 10.3 Å². The maximum absolute atomic E-state index is 4.48. The van der Waals surface area contributed by atoms with Crippen LogP contribution in [0, 0.1) is 5.41 Å². The molecule has 0 bridgehead atoms. The summed E-state index contributed by atoms with van der Waals surface area (Å²) in [5.41, 5.74) is 0.307.